The second-order valence-electron chi connectivity index (χ2n) is 7.24. The predicted molar refractivity (Wildman–Crippen MR) is 120 cm³/mol. The number of thiocarbonyl (C=S) groups is 1. The second kappa shape index (κ2) is 8.83. The summed E-state index contributed by atoms with van der Waals surface area (Å²) in [6.45, 7) is 6.21. The van der Waals surface area contributed by atoms with Gasteiger partial charge in [-0.15, -0.1) is 6.58 Å². The third-order valence-corrected chi connectivity index (χ3v) is 5.61. The lowest BCUT2D eigenvalue weighted by Gasteiger charge is -2.27. The number of fused-ring (bicyclic) bond motifs is 1. The van der Waals surface area contributed by atoms with Crippen LogP contribution in [0.25, 0.3) is 17.0 Å². The van der Waals surface area contributed by atoms with Crippen molar-refractivity contribution >= 4 is 52.0 Å². The lowest BCUT2D eigenvalue weighted by molar-refractivity contribution is -0.135. The van der Waals surface area contributed by atoms with Gasteiger partial charge >= 0.3 is 0 Å². The van der Waals surface area contributed by atoms with Gasteiger partial charge < -0.3 is 14.2 Å². The number of amides is 3. The van der Waals surface area contributed by atoms with Crippen LogP contribution in [-0.2, 0) is 25.7 Å². The molecule has 2 fully saturated rings. The van der Waals surface area contributed by atoms with Gasteiger partial charge in [-0.1, -0.05) is 24.3 Å². The van der Waals surface area contributed by atoms with Gasteiger partial charge in [0.1, 0.15) is 12.1 Å². The third kappa shape index (κ3) is 4.14. The molecule has 0 saturated carbocycles. The average Bonchev–Trinajstić information content (AvgIpc) is 3.12. The summed E-state index contributed by atoms with van der Waals surface area (Å²) >= 11 is 5.10. The Bertz CT molecular complexity index is 1110. The van der Waals surface area contributed by atoms with Gasteiger partial charge in [0, 0.05) is 42.3 Å². The van der Waals surface area contributed by atoms with E-state index in [4.69, 9.17) is 17.0 Å². The Balaban J connectivity index is 1.69. The molecule has 8 nitrogen and oxygen atoms in total. The summed E-state index contributed by atoms with van der Waals surface area (Å²) in [5.41, 5.74) is 1.51. The van der Waals surface area contributed by atoms with Crippen molar-refractivity contribution in [3.63, 3.8) is 0 Å². The number of hydrogen-bond donors (Lipinski definition) is 1. The van der Waals surface area contributed by atoms with Crippen LogP contribution in [0.5, 0.6) is 0 Å². The summed E-state index contributed by atoms with van der Waals surface area (Å²) in [6.07, 6.45) is 4.89. The van der Waals surface area contributed by atoms with Crippen molar-refractivity contribution in [1.82, 2.24) is 19.7 Å². The zero-order valence-electron chi connectivity index (χ0n) is 16.9. The van der Waals surface area contributed by atoms with E-state index in [1.165, 1.54) is 4.90 Å². The number of hydrogen-bond acceptors (Lipinski definition) is 5. The number of aromatic nitrogens is 1. The number of nitrogens with zero attached hydrogens (tertiary/aromatic N) is 3. The Hall–Kier alpha value is -3.30. The van der Waals surface area contributed by atoms with Gasteiger partial charge in [0.2, 0.25) is 5.91 Å². The van der Waals surface area contributed by atoms with Gasteiger partial charge in [0.15, 0.2) is 5.11 Å². The van der Waals surface area contributed by atoms with E-state index in [2.05, 4.69) is 11.9 Å². The Labute approximate surface area is 184 Å². The molecule has 1 aromatic carbocycles. The zero-order chi connectivity index (χ0) is 22.0. The molecule has 2 aliphatic rings. The molecule has 2 saturated heterocycles. The summed E-state index contributed by atoms with van der Waals surface area (Å²) in [5.74, 6) is -1.02. The standard InChI is InChI=1S/C22H22N4O4S/c1-2-7-26-21(29)17(20(28)23-22(26)31)12-15-13-25(18-6-4-3-5-16(15)18)14-19(27)24-8-10-30-11-9-24/h2-6,12-13H,1,7-11,14H2,(H,23,28,31)/b17-12-. The first-order valence-electron chi connectivity index (χ1n) is 9.92. The number of carbonyl (C=O) groups excluding carboxylic acids is 3. The SMILES string of the molecule is C=CCN1C(=O)/C(=C\c2cn(CC(=O)N3CCOCC3)c3ccccc23)C(=O)NC1=S. The van der Waals surface area contributed by atoms with Gasteiger partial charge in [0.25, 0.3) is 11.8 Å². The van der Waals surface area contributed by atoms with Crippen molar-refractivity contribution in [1.29, 1.82) is 0 Å². The Morgan fingerprint density at radius 1 is 1.23 bits per heavy atom. The molecule has 0 bridgehead atoms. The fraction of sp³-hybridized carbons (Fsp3) is 0.273. The predicted octanol–water partition coefficient (Wildman–Crippen LogP) is 1.31. The molecule has 0 unspecified atom stereocenters. The molecule has 2 aliphatic heterocycles. The topological polar surface area (TPSA) is 83.9 Å². The minimum absolute atomic E-state index is 0.00255. The van der Waals surface area contributed by atoms with E-state index in [0.29, 0.717) is 31.9 Å². The summed E-state index contributed by atoms with van der Waals surface area (Å²) in [4.78, 5) is 41.1. The smallest absolute Gasteiger partial charge is 0.265 e. The molecule has 2 aromatic rings. The van der Waals surface area contributed by atoms with E-state index in [9.17, 15) is 14.4 Å². The molecule has 4 rings (SSSR count). The normalized spacial score (nSPS) is 18.6. The van der Waals surface area contributed by atoms with Crippen molar-refractivity contribution in [2.24, 2.45) is 0 Å². The quantitative estimate of drug-likeness (QED) is 0.329. The van der Waals surface area contributed by atoms with Crippen LogP contribution in [0, 0.1) is 0 Å². The molecule has 3 amide bonds. The number of carbonyl (C=O) groups is 3. The van der Waals surface area contributed by atoms with E-state index in [0.717, 1.165) is 10.9 Å². The van der Waals surface area contributed by atoms with E-state index in [1.54, 1.807) is 23.2 Å². The molecule has 31 heavy (non-hydrogen) atoms. The summed E-state index contributed by atoms with van der Waals surface area (Å²) in [7, 11) is 0. The maximum absolute atomic E-state index is 12.8. The van der Waals surface area contributed by atoms with E-state index < -0.39 is 11.8 Å². The molecule has 1 aromatic heterocycles. The highest BCUT2D eigenvalue weighted by Crippen LogP contribution is 2.25. The third-order valence-electron chi connectivity index (χ3n) is 5.29. The molecule has 0 atom stereocenters. The van der Waals surface area contributed by atoms with Gasteiger partial charge in [-0.2, -0.15) is 0 Å². The molecule has 0 spiro atoms. The maximum Gasteiger partial charge on any atom is 0.265 e. The first kappa shape index (κ1) is 21.0. The molecule has 0 radical (unpaired) electrons. The first-order valence-corrected chi connectivity index (χ1v) is 10.3. The number of nitrogens with one attached hydrogen (secondary N) is 1. The second-order valence-corrected chi connectivity index (χ2v) is 7.63. The molecule has 1 N–H and O–H groups in total. The number of ether oxygens (including phenoxy) is 1. The van der Waals surface area contributed by atoms with Gasteiger partial charge in [-0.25, -0.2) is 0 Å². The van der Waals surface area contributed by atoms with Crippen molar-refractivity contribution in [3.05, 3.63) is 54.3 Å². The highest BCUT2D eigenvalue weighted by molar-refractivity contribution is 7.80. The van der Waals surface area contributed by atoms with Gasteiger partial charge in [0.05, 0.1) is 13.2 Å². The minimum Gasteiger partial charge on any atom is -0.378 e. The fourth-order valence-corrected chi connectivity index (χ4v) is 3.97. The Kier molecular flexibility index (Phi) is 5.97. The van der Waals surface area contributed by atoms with Crippen LogP contribution >= 0.6 is 12.2 Å². The zero-order valence-corrected chi connectivity index (χ0v) is 17.7. The molecule has 9 heteroatoms. The van der Waals surface area contributed by atoms with Crippen molar-refractivity contribution in [2.45, 2.75) is 6.54 Å². The lowest BCUT2D eigenvalue weighted by Crippen LogP contribution is -2.53. The van der Waals surface area contributed by atoms with Crippen LogP contribution in [0.2, 0.25) is 0 Å². The van der Waals surface area contributed by atoms with Crippen LogP contribution in [0.3, 0.4) is 0 Å². The summed E-state index contributed by atoms with van der Waals surface area (Å²) in [6, 6.07) is 7.57. The number of morpholine rings is 1. The van der Waals surface area contributed by atoms with Crippen LogP contribution < -0.4 is 5.32 Å². The monoisotopic (exact) mass is 438 g/mol. The Morgan fingerprint density at radius 2 is 1.97 bits per heavy atom. The molecule has 3 heterocycles. The van der Waals surface area contributed by atoms with E-state index >= 15 is 0 Å². The van der Waals surface area contributed by atoms with Gasteiger partial charge in [-0.05, 0) is 24.4 Å². The molecule has 160 valence electrons. The highest BCUT2D eigenvalue weighted by Gasteiger charge is 2.33. The van der Waals surface area contributed by atoms with Crippen molar-refractivity contribution in [2.75, 3.05) is 32.8 Å². The minimum atomic E-state index is -0.545. The summed E-state index contributed by atoms with van der Waals surface area (Å²) in [5, 5.41) is 3.45. The van der Waals surface area contributed by atoms with Crippen LogP contribution in [0.15, 0.2) is 48.7 Å². The van der Waals surface area contributed by atoms with Gasteiger partial charge in [-0.3, -0.25) is 24.6 Å². The van der Waals surface area contributed by atoms with Crippen molar-refractivity contribution < 1.29 is 19.1 Å². The number of benzene rings is 1. The molecular formula is C22H22N4O4S. The maximum atomic E-state index is 12.8. The number of para-hydroxylation sites is 1. The van der Waals surface area contributed by atoms with Crippen LogP contribution in [0.4, 0.5) is 0 Å². The average molecular weight is 439 g/mol. The highest BCUT2D eigenvalue weighted by atomic mass is 32.1. The first-order chi connectivity index (χ1) is 15.0. The van der Waals surface area contributed by atoms with E-state index in [1.807, 2.05) is 28.8 Å². The summed E-state index contributed by atoms with van der Waals surface area (Å²) < 4.78 is 7.16. The molecule has 0 aliphatic carbocycles. The number of rotatable bonds is 5. The largest absolute Gasteiger partial charge is 0.378 e. The van der Waals surface area contributed by atoms with Crippen molar-refractivity contribution in [3.8, 4) is 0 Å². The lowest BCUT2D eigenvalue weighted by atomic mass is 10.1. The Morgan fingerprint density at radius 3 is 2.71 bits per heavy atom. The molecular weight excluding hydrogens is 416 g/mol. The van der Waals surface area contributed by atoms with E-state index in [-0.39, 0.29) is 29.7 Å². The van der Waals surface area contributed by atoms with Crippen LogP contribution in [0.1, 0.15) is 5.56 Å². The fourth-order valence-electron chi connectivity index (χ4n) is 3.72. The van der Waals surface area contributed by atoms with Crippen LogP contribution in [-0.4, -0.2) is 70.0 Å².